The molecule has 0 saturated carbocycles. The monoisotopic (exact) mass is 590 g/mol. The standard InChI is InChI=1S/C31H29ClF2N6O2/c1-3-24(41)40-15-23-22(40)11-13-39(23)30-20-14-35-28(19-8-4-6-17-9-10-21(33)26(32)25(17)19)27(34)29(20)36-31(37-30)42-16-18-7-5-12-38(18)2/h3-4,6,8-10,14,18,22-23H,1,5,7,11-13,15-16H2,2H3/t18-,22+,23+/m0/s1. The number of rotatable bonds is 6. The Hall–Kier alpha value is -3.89. The fraction of sp³-hybridized carbons (Fsp3) is 0.355. The molecule has 2 aromatic carbocycles. The van der Waals surface area contributed by atoms with E-state index in [4.69, 9.17) is 21.3 Å². The van der Waals surface area contributed by atoms with Gasteiger partial charge < -0.3 is 19.4 Å². The summed E-state index contributed by atoms with van der Waals surface area (Å²) in [5.74, 6) is -0.839. The van der Waals surface area contributed by atoms with Crippen LogP contribution in [0, 0.1) is 11.6 Å². The number of halogens is 3. The molecular formula is C31H29ClF2N6O2. The van der Waals surface area contributed by atoms with E-state index in [0.717, 1.165) is 25.8 Å². The van der Waals surface area contributed by atoms with Gasteiger partial charge in [0, 0.05) is 36.3 Å². The summed E-state index contributed by atoms with van der Waals surface area (Å²) in [6.45, 7) is 6.15. The Morgan fingerprint density at radius 3 is 2.81 bits per heavy atom. The summed E-state index contributed by atoms with van der Waals surface area (Å²) in [6.07, 6.45) is 5.73. The highest BCUT2D eigenvalue weighted by Crippen LogP contribution is 2.41. The molecule has 0 spiro atoms. The highest BCUT2D eigenvalue weighted by Gasteiger charge is 2.49. The van der Waals surface area contributed by atoms with Crippen molar-refractivity contribution in [2.24, 2.45) is 0 Å². The molecule has 5 heterocycles. The topological polar surface area (TPSA) is 74.7 Å². The minimum absolute atomic E-state index is 0.0115. The van der Waals surface area contributed by atoms with E-state index in [1.807, 2.05) is 0 Å². The Bertz CT molecular complexity index is 1750. The van der Waals surface area contributed by atoms with Crippen LogP contribution >= 0.6 is 11.6 Å². The number of pyridine rings is 1. The van der Waals surface area contributed by atoms with Gasteiger partial charge in [-0.05, 0) is 50.4 Å². The highest BCUT2D eigenvalue weighted by atomic mass is 35.5. The first kappa shape index (κ1) is 27.0. The van der Waals surface area contributed by atoms with Gasteiger partial charge in [0.05, 0.1) is 22.5 Å². The Labute approximate surface area is 246 Å². The van der Waals surface area contributed by atoms with E-state index in [2.05, 4.69) is 33.4 Å². The lowest BCUT2D eigenvalue weighted by molar-refractivity contribution is -0.133. The zero-order valence-electron chi connectivity index (χ0n) is 23.1. The fourth-order valence-electron chi connectivity index (χ4n) is 6.61. The van der Waals surface area contributed by atoms with Crippen molar-refractivity contribution in [2.45, 2.75) is 37.4 Å². The summed E-state index contributed by atoms with van der Waals surface area (Å²) < 4.78 is 37.1. The number of ether oxygens (including phenoxy) is 1. The predicted octanol–water partition coefficient (Wildman–Crippen LogP) is 5.23. The molecule has 0 radical (unpaired) electrons. The summed E-state index contributed by atoms with van der Waals surface area (Å²) in [7, 11) is 2.06. The van der Waals surface area contributed by atoms with Gasteiger partial charge in [0.2, 0.25) is 5.91 Å². The molecule has 3 saturated heterocycles. The van der Waals surface area contributed by atoms with Gasteiger partial charge in [0.25, 0.3) is 0 Å². The number of aromatic nitrogens is 3. The molecule has 0 bridgehead atoms. The van der Waals surface area contributed by atoms with Gasteiger partial charge in [0.1, 0.15) is 29.5 Å². The number of nitrogens with zero attached hydrogens (tertiary/aromatic N) is 6. The molecule has 8 nitrogen and oxygen atoms in total. The number of hydrogen-bond acceptors (Lipinski definition) is 7. The SMILES string of the molecule is C=CC(=O)N1C[C@@H]2[C@H]1CCN2c1nc(OC[C@@H]2CCCN2C)nc2c(F)c(-c3cccc4ccc(F)c(Cl)c34)ncc12. The molecule has 42 heavy (non-hydrogen) atoms. The third-order valence-electron chi connectivity index (χ3n) is 8.93. The molecule has 2 aromatic heterocycles. The van der Waals surface area contributed by atoms with Crippen molar-refractivity contribution in [1.82, 2.24) is 24.8 Å². The van der Waals surface area contributed by atoms with Gasteiger partial charge in [-0.25, -0.2) is 8.78 Å². The number of carbonyl (C=O) groups excluding carboxylic acids is 1. The maximum atomic E-state index is 16.5. The van der Waals surface area contributed by atoms with Crippen LogP contribution in [-0.4, -0.2) is 82.1 Å². The number of carbonyl (C=O) groups is 1. The Balaban J connectivity index is 1.34. The van der Waals surface area contributed by atoms with Gasteiger partial charge in [-0.1, -0.05) is 42.4 Å². The van der Waals surface area contributed by atoms with Crippen molar-refractivity contribution in [2.75, 3.05) is 38.2 Å². The summed E-state index contributed by atoms with van der Waals surface area (Å²) in [5.41, 5.74) is 0.439. The average Bonchev–Trinajstić information content (AvgIpc) is 3.55. The van der Waals surface area contributed by atoms with Crippen LogP contribution in [0.25, 0.3) is 32.9 Å². The van der Waals surface area contributed by atoms with Crippen LogP contribution in [0.3, 0.4) is 0 Å². The van der Waals surface area contributed by atoms with Crippen LogP contribution in [-0.2, 0) is 4.79 Å². The van der Waals surface area contributed by atoms with Crippen LogP contribution in [0.2, 0.25) is 5.02 Å². The Morgan fingerprint density at radius 1 is 1.17 bits per heavy atom. The summed E-state index contributed by atoms with van der Waals surface area (Å²) >= 11 is 6.37. The molecule has 216 valence electrons. The van der Waals surface area contributed by atoms with Crippen molar-refractivity contribution in [1.29, 1.82) is 0 Å². The van der Waals surface area contributed by atoms with Crippen LogP contribution < -0.4 is 9.64 Å². The molecule has 0 aliphatic carbocycles. The van der Waals surface area contributed by atoms with Crippen molar-refractivity contribution in [3.63, 3.8) is 0 Å². The molecule has 3 aliphatic heterocycles. The minimum Gasteiger partial charge on any atom is -0.462 e. The summed E-state index contributed by atoms with van der Waals surface area (Å²) in [4.78, 5) is 32.2. The smallest absolute Gasteiger partial charge is 0.319 e. The second-order valence-electron chi connectivity index (χ2n) is 11.2. The molecule has 3 atom stereocenters. The number of anilines is 1. The lowest BCUT2D eigenvalue weighted by Gasteiger charge is -2.46. The fourth-order valence-corrected chi connectivity index (χ4v) is 6.89. The van der Waals surface area contributed by atoms with E-state index >= 15 is 4.39 Å². The number of amides is 1. The second kappa shape index (κ2) is 10.4. The summed E-state index contributed by atoms with van der Waals surface area (Å²) in [6, 6.07) is 8.48. The minimum atomic E-state index is -0.667. The summed E-state index contributed by atoms with van der Waals surface area (Å²) in [5, 5.41) is 1.39. The first-order valence-electron chi connectivity index (χ1n) is 14.1. The van der Waals surface area contributed by atoms with Crippen LogP contribution in [0.15, 0.2) is 49.2 Å². The van der Waals surface area contributed by atoms with E-state index < -0.39 is 11.6 Å². The normalized spacial score (nSPS) is 22.0. The molecule has 0 unspecified atom stereocenters. The predicted molar refractivity (Wildman–Crippen MR) is 158 cm³/mol. The van der Waals surface area contributed by atoms with Crippen molar-refractivity contribution < 1.29 is 18.3 Å². The Kier molecular flexibility index (Phi) is 6.70. The quantitative estimate of drug-likeness (QED) is 0.285. The molecule has 3 aliphatic rings. The van der Waals surface area contributed by atoms with Gasteiger partial charge in [-0.3, -0.25) is 9.78 Å². The van der Waals surface area contributed by atoms with Gasteiger partial charge in [-0.15, -0.1) is 0 Å². The molecule has 7 rings (SSSR count). The van der Waals surface area contributed by atoms with E-state index in [9.17, 15) is 9.18 Å². The third-order valence-corrected chi connectivity index (χ3v) is 9.30. The maximum absolute atomic E-state index is 16.5. The Morgan fingerprint density at radius 2 is 2.02 bits per heavy atom. The van der Waals surface area contributed by atoms with Crippen molar-refractivity contribution >= 4 is 45.0 Å². The molecule has 3 fully saturated rings. The lowest BCUT2D eigenvalue weighted by atomic mass is 9.97. The maximum Gasteiger partial charge on any atom is 0.319 e. The lowest BCUT2D eigenvalue weighted by Crippen LogP contribution is -2.63. The average molecular weight is 591 g/mol. The van der Waals surface area contributed by atoms with E-state index in [1.165, 1.54) is 12.1 Å². The highest BCUT2D eigenvalue weighted by molar-refractivity contribution is 6.36. The number of benzene rings is 2. The second-order valence-corrected chi connectivity index (χ2v) is 11.6. The molecular weight excluding hydrogens is 562 g/mol. The largest absolute Gasteiger partial charge is 0.462 e. The van der Waals surface area contributed by atoms with Crippen LogP contribution in [0.1, 0.15) is 19.3 Å². The number of hydrogen-bond donors (Lipinski definition) is 0. The molecule has 11 heteroatoms. The van der Waals surface area contributed by atoms with Gasteiger partial charge in [-0.2, -0.15) is 9.97 Å². The molecule has 0 N–H and O–H groups in total. The van der Waals surface area contributed by atoms with Gasteiger partial charge in [0.15, 0.2) is 5.82 Å². The number of likely N-dealkylation sites (N-methyl/N-ethyl adjacent to an activating group) is 1. The number of fused-ring (bicyclic) bond motifs is 3. The first-order valence-corrected chi connectivity index (χ1v) is 14.5. The molecule has 4 aromatic rings. The van der Waals surface area contributed by atoms with Crippen LogP contribution in [0.5, 0.6) is 6.01 Å². The van der Waals surface area contributed by atoms with E-state index in [0.29, 0.717) is 47.2 Å². The van der Waals surface area contributed by atoms with E-state index in [-0.39, 0.29) is 46.3 Å². The third kappa shape index (κ3) is 4.27. The van der Waals surface area contributed by atoms with Crippen molar-refractivity contribution in [3.05, 3.63) is 65.8 Å². The zero-order chi connectivity index (χ0) is 29.1. The number of likely N-dealkylation sites (tertiary alicyclic amines) is 2. The first-order chi connectivity index (χ1) is 20.4. The molecule has 1 amide bonds. The van der Waals surface area contributed by atoms with Crippen LogP contribution in [0.4, 0.5) is 14.6 Å². The van der Waals surface area contributed by atoms with Gasteiger partial charge >= 0.3 is 6.01 Å². The van der Waals surface area contributed by atoms with Crippen molar-refractivity contribution in [3.8, 4) is 17.3 Å². The zero-order valence-corrected chi connectivity index (χ0v) is 23.8. The van der Waals surface area contributed by atoms with E-state index in [1.54, 1.807) is 35.4 Å².